The van der Waals surface area contributed by atoms with Gasteiger partial charge in [0.25, 0.3) is 0 Å². The molecule has 19 heavy (non-hydrogen) atoms. The van der Waals surface area contributed by atoms with Crippen LogP contribution in [-0.2, 0) is 4.74 Å². The molecule has 0 radical (unpaired) electrons. The minimum Gasteiger partial charge on any atom is -0.376 e. The van der Waals surface area contributed by atoms with Gasteiger partial charge in [0.2, 0.25) is 0 Å². The van der Waals surface area contributed by atoms with Gasteiger partial charge in [0.05, 0.1) is 12.7 Å². The molecule has 0 spiro atoms. The van der Waals surface area contributed by atoms with Gasteiger partial charge in [0.15, 0.2) is 0 Å². The second kappa shape index (κ2) is 6.46. The highest BCUT2D eigenvalue weighted by molar-refractivity contribution is 5.20. The molecule has 3 atom stereocenters. The highest BCUT2D eigenvalue weighted by Gasteiger charge is 2.23. The molecule has 1 aliphatic heterocycles. The predicted octanol–water partition coefficient (Wildman–Crippen LogP) is 2.32. The molecule has 1 heterocycles. The topological polar surface area (TPSA) is 38.5 Å². The van der Waals surface area contributed by atoms with Crippen molar-refractivity contribution in [3.8, 4) is 0 Å². The first-order chi connectivity index (χ1) is 9.08. The third kappa shape index (κ3) is 3.75. The van der Waals surface area contributed by atoms with Crippen molar-refractivity contribution >= 4 is 0 Å². The van der Waals surface area contributed by atoms with Gasteiger partial charge in [0.1, 0.15) is 5.82 Å². The van der Waals surface area contributed by atoms with Crippen LogP contribution in [0.1, 0.15) is 31.9 Å². The van der Waals surface area contributed by atoms with Gasteiger partial charge in [-0.05, 0) is 26.3 Å². The van der Waals surface area contributed by atoms with Gasteiger partial charge in [-0.1, -0.05) is 18.2 Å². The smallest absolute Gasteiger partial charge is 0.127 e. The molecule has 1 aromatic carbocycles. The summed E-state index contributed by atoms with van der Waals surface area (Å²) >= 11 is 0. The van der Waals surface area contributed by atoms with Crippen LogP contribution >= 0.6 is 0 Å². The molecule has 0 aromatic heterocycles. The molecular formula is C15H23FN2O. The van der Waals surface area contributed by atoms with Crippen molar-refractivity contribution in [2.75, 3.05) is 19.7 Å². The van der Waals surface area contributed by atoms with E-state index in [9.17, 15) is 4.39 Å². The molecule has 3 nitrogen and oxygen atoms in total. The molecule has 1 aromatic rings. The van der Waals surface area contributed by atoms with E-state index < -0.39 is 0 Å². The number of nitrogens with zero attached hydrogens (tertiary/aromatic N) is 1. The van der Waals surface area contributed by atoms with Gasteiger partial charge in [-0.3, -0.25) is 4.90 Å². The average molecular weight is 266 g/mol. The Morgan fingerprint density at radius 1 is 1.42 bits per heavy atom. The molecule has 4 heteroatoms. The van der Waals surface area contributed by atoms with Crippen LogP contribution in [0.4, 0.5) is 4.39 Å². The van der Waals surface area contributed by atoms with E-state index in [-0.39, 0.29) is 18.0 Å². The fourth-order valence-electron chi connectivity index (χ4n) is 2.52. The van der Waals surface area contributed by atoms with Gasteiger partial charge in [-0.2, -0.15) is 0 Å². The zero-order chi connectivity index (χ0) is 13.8. The Morgan fingerprint density at radius 2 is 2.16 bits per heavy atom. The molecule has 2 N–H and O–H groups in total. The third-order valence-corrected chi connectivity index (χ3v) is 3.77. The first-order valence-corrected chi connectivity index (χ1v) is 6.93. The van der Waals surface area contributed by atoms with Crippen LogP contribution in [-0.4, -0.2) is 36.7 Å². The third-order valence-electron chi connectivity index (χ3n) is 3.77. The van der Waals surface area contributed by atoms with E-state index in [4.69, 9.17) is 10.5 Å². The summed E-state index contributed by atoms with van der Waals surface area (Å²) in [5.41, 5.74) is 6.70. The molecule has 1 fully saturated rings. The van der Waals surface area contributed by atoms with Gasteiger partial charge in [-0.15, -0.1) is 0 Å². The first kappa shape index (κ1) is 14.4. The number of ether oxygens (including phenoxy) is 1. The largest absolute Gasteiger partial charge is 0.376 e. The Balaban J connectivity index is 1.89. The Bertz CT molecular complexity index is 413. The van der Waals surface area contributed by atoms with E-state index >= 15 is 0 Å². The molecule has 0 aliphatic carbocycles. The maximum absolute atomic E-state index is 13.6. The van der Waals surface area contributed by atoms with Crippen molar-refractivity contribution in [3.05, 3.63) is 35.6 Å². The highest BCUT2D eigenvalue weighted by Crippen LogP contribution is 2.19. The molecule has 2 rings (SSSR count). The van der Waals surface area contributed by atoms with Gasteiger partial charge in [-0.25, -0.2) is 4.39 Å². The number of hydrogen-bond donors (Lipinski definition) is 1. The normalized spacial score (nSPS) is 26.3. The van der Waals surface area contributed by atoms with Crippen molar-refractivity contribution < 1.29 is 9.13 Å². The fraction of sp³-hybridized carbons (Fsp3) is 0.600. The summed E-state index contributed by atoms with van der Waals surface area (Å²) in [6.45, 7) is 6.79. The second-order valence-corrected chi connectivity index (χ2v) is 5.40. The lowest BCUT2D eigenvalue weighted by Gasteiger charge is -2.37. The van der Waals surface area contributed by atoms with E-state index in [1.54, 1.807) is 12.1 Å². The maximum Gasteiger partial charge on any atom is 0.127 e. The van der Waals surface area contributed by atoms with Gasteiger partial charge >= 0.3 is 0 Å². The second-order valence-electron chi connectivity index (χ2n) is 5.40. The minimum absolute atomic E-state index is 0.210. The maximum atomic E-state index is 13.6. The van der Waals surface area contributed by atoms with Gasteiger partial charge in [0, 0.05) is 30.7 Å². The molecule has 106 valence electrons. The Labute approximate surface area is 114 Å². The lowest BCUT2D eigenvalue weighted by atomic mass is 10.0. The monoisotopic (exact) mass is 266 g/mol. The van der Waals surface area contributed by atoms with Crippen molar-refractivity contribution in [1.82, 2.24) is 4.90 Å². The predicted molar refractivity (Wildman–Crippen MR) is 74.4 cm³/mol. The summed E-state index contributed by atoms with van der Waals surface area (Å²) in [6, 6.07) is 6.92. The molecule has 1 aliphatic rings. The Hall–Kier alpha value is -0.970. The van der Waals surface area contributed by atoms with E-state index in [0.29, 0.717) is 11.6 Å². The number of rotatable bonds is 4. The van der Waals surface area contributed by atoms with Gasteiger partial charge < -0.3 is 10.5 Å². The highest BCUT2D eigenvalue weighted by atomic mass is 19.1. The number of hydrogen-bond acceptors (Lipinski definition) is 3. The zero-order valence-corrected chi connectivity index (χ0v) is 11.7. The van der Waals surface area contributed by atoms with Crippen LogP contribution in [0.3, 0.4) is 0 Å². The van der Waals surface area contributed by atoms with Crippen LogP contribution in [0.5, 0.6) is 0 Å². The van der Waals surface area contributed by atoms with E-state index in [0.717, 1.165) is 26.1 Å². The summed E-state index contributed by atoms with van der Waals surface area (Å²) in [7, 11) is 0. The van der Waals surface area contributed by atoms with Crippen LogP contribution < -0.4 is 5.73 Å². The molecule has 0 saturated carbocycles. The average Bonchev–Trinajstić information content (AvgIpc) is 2.40. The van der Waals surface area contributed by atoms with Crippen molar-refractivity contribution in [2.24, 2.45) is 5.73 Å². The van der Waals surface area contributed by atoms with Crippen LogP contribution in [0.15, 0.2) is 24.3 Å². The lowest BCUT2D eigenvalue weighted by molar-refractivity contribution is -0.0500. The SMILES string of the molecule is CC1CN(CCC(N)c2ccccc2F)C(C)CO1. The molecule has 3 unspecified atom stereocenters. The quantitative estimate of drug-likeness (QED) is 0.909. The summed E-state index contributed by atoms with van der Waals surface area (Å²) in [6.07, 6.45) is 1.03. The molecule has 0 amide bonds. The fourth-order valence-corrected chi connectivity index (χ4v) is 2.52. The van der Waals surface area contributed by atoms with E-state index in [2.05, 4.69) is 18.7 Å². The number of nitrogens with two attached hydrogens (primary N) is 1. The first-order valence-electron chi connectivity index (χ1n) is 6.93. The van der Waals surface area contributed by atoms with E-state index in [1.807, 2.05) is 6.07 Å². The van der Waals surface area contributed by atoms with Crippen molar-refractivity contribution in [1.29, 1.82) is 0 Å². The van der Waals surface area contributed by atoms with Crippen LogP contribution in [0, 0.1) is 5.82 Å². The van der Waals surface area contributed by atoms with E-state index in [1.165, 1.54) is 6.07 Å². The van der Waals surface area contributed by atoms with Crippen molar-refractivity contribution in [2.45, 2.75) is 38.5 Å². The minimum atomic E-state index is -0.244. The Morgan fingerprint density at radius 3 is 2.89 bits per heavy atom. The molecule has 1 saturated heterocycles. The molecule has 0 bridgehead atoms. The van der Waals surface area contributed by atoms with Crippen molar-refractivity contribution in [3.63, 3.8) is 0 Å². The van der Waals surface area contributed by atoms with Crippen LogP contribution in [0.25, 0.3) is 0 Å². The summed E-state index contributed by atoms with van der Waals surface area (Å²) in [5.74, 6) is -0.210. The summed E-state index contributed by atoms with van der Waals surface area (Å²) in [5, 5.41) is 0. The molecular weight excluding hydrogens is 243 g/mol. The lowest BCUT2D eigenvalue weighted by Crippen LogP contribution is -2.47. The standard InChI is InChI=1S/C15H23FN2O/c1-11-10-19-12(2)9-18(11)8-7-15(17)13-5-3-4-6-14(13)16/h3-6,11-12,15H,7-10,17H2,1-2H3. The number of halogens is 1. The summed E-state index contributed by atoms with van der Waals surface area (Å²) < 4.78 is 19.2. The van der Waals surface area contributed by atoms with Crippen LogP contribution in [0.2, 0.25) is 0 Å². The number of morpholine rings is 1. The zero-order valence-electron chi connectivity index (χ0n) is 11.7. The number of benzene rings is 1. The Kier molecular flexibility index (Phi) is 4.91. The summed E-state index contributed by atoms with van der Waals surface area (Å²) in [4.78, 5) is 2.37.